The topological polar surface area (TPSA) is 106 Å². The number of sulfonamides is 1. The second-order valence-electron chi connectivity index (χ2n) is 6.90. The highest BCUT2D eigenvalue weighted by Crippen LogP contribution is 2.23. The van der Waals surface area contributed by atoms with Gasteiger partial charge in [-0.2, -0.15) is 4.98 Å². The summed E-state index contributed by atoms with van der Waals surface area (Å²) in [5, 5.41) is 3.96. The fourth-order valence-corrected chi connectivity index (χ4v) is 4.15. The van der Waals surface area contributed by atoms with Gasteiger partial charge in [-0.3, -0.25) is 4.79 Å². The van der Waals surface area contributed by atoms with E-state index >= 15 is 0 Å². The van der Waals surface area contributed by atoms with Crippen molar-refractivity contribution in [3.8, 4) is 17.1 Å². The zero-order valence-corrected chi connectivity index (χ0v) is 17.0. The number of amides is 1. The molecule has 0 saturated carbocycles. The van der Waals surface area contributed by atoms with E-state index in [1.54, 1.807) is 20.2 Å². The smallest absolute Gasteiger partial charge is 0.246 e. The van der Waals surface area contributed by atoms with Crippen LogP contribution < -0.4 is 4.74 Å². The van der Waals surface area contributed by atoms with E-state index in [4.69, 9.17) is 9.26 Å². The molecule has 9 nitrogen and oxygen atoms in total. The lowest BCUT2D eigenvalue weighted by Gasteiger charge is -2.32. The standard InChI is InChI=1S/C18H24N4O5S/c1-21(18(23)14-7-5-9-22(11-14)28(3,24)25)12-16-19-17(20-27-16)13-6-4-8-15(10-13)26-2/h4,6,8,10,14H,5,7,9,11-12H2,1-3H3/t14-/m1/s1. The first-order valence-electron chi connectivity index (χ1n) is 8.95. The SMILES string of the molecule is COc1cccc(-c2noc(CN(C)C(=O)[C@@H]3CCCN(S(C)(=O)=O)C3)n2)c1. The molecule has 0 aliphatic carbocycles. The maximum atomic E-state index is 12.7. The normalized spacial score (nSPS) is 18.0. The van der Waals surface area contributed by atoms with Gasteiger partial charge in [0, 0.05) is 25.7 Å². The Bertz CT molecular complexity index is 943. The zero-order chi connectivity index (χ0) is 20.3. The number of nitrogens with zero attached hydrogens (tertiary/aromatic N) is 4. The third kappa shape index (κ3) is 4.68. The summed E-state index contributed by atoms with van der Waals surface area (Å²) < 4.78 is 35.3. The van der Waals surface area contributed by atoms with Gasteiger partial charge >= 0.3 is 0 Å². The molecule has 1 aromatic heterocycles. The summed E-state index contributed by atoms with van der Waals surface area (Å²) in [6.45, 7) is 0.825. The van der Waals surface area contributed by atoms with Crippen molar-refractivity contribution in [1.29, 1.82) is 0 Å². The van der Waals surface area contributed by atoms with Gasteiger partial charge in [0.2, 0.25) is 27.6 Å². The lowest BCUT2D eigenvalue weighted by molar-refractivity contribution is -0.136. The van der Waals surface area contributed by atoms with Gasteiger partial charge in [-0.1, -0.05) is 17.3 Å². The minimum atomic E-state index is -3.30. The van der Waals surface area contributed by atoms with Crippen LogP contribution in [0.4, 0.5) is 0 Å². The van der Waals surface area contributed by atoms with Gasteiger partial charge in [-0.05, 0) is 25.0 Å². The Hall–Kier alpha value is -2.46. The van der Waals surface area contributed by atoms with Crippen LogP contribution in [0, 0.1) is 5.92 Å². The quantitative estimate of drug-likeness (QED) is 0.711. The van der Waals surface area contributed by atoms with Gasteiger partial charge in [0.05, 0.1) is 25.8 Å². The van der Waals surface area contributed by atoms with Gasteiger partial charge in [0.15, 0.2) is 0 Å². The number of piperidine rings is 1. The molecule has 0 unspecified atom stereocenters. The maximum absolute atomic E-state index is 12.7. The highest BCUT2D eigenvalue weighted by molar-refractivity contribution is 7.88. The summed E-state index contributed by atoms with van der Waals surface area (Å²) >= 11 is 0. The number of hydrogen-bond donors (Lipinski definition) is 0. The average Bonchev–Trinajstić information content (AvgIpc) is 3.15. The van der Waals surface area contributed by atoms with E-state index < -0.39 is 10.0 Å². The summed E-state index contributed by atoms with van der Waals surface area (Å²) in [6, 6.07) is 7.29. The number of methoxy groups -OCH3 is 1. The fraction of sp³-hybridized carbons (Fsp3) is 0.500. The summed E-state index contributed by atoms with van der Waals surface area (Å²) in [5.41, 5.74) is 0.749. The molecular formula is C18H24N4O5S. The van der Waals surface area contributed by atoms with Crippen LogP contribution in [0.3, 0.4) is 0 Å². The van der Waals surface area contributed by atoms with Crippen molar-refractivity contribution in [3.63, 3.8) is 0 Å². The van der Waals surface area contributed by atoms with Gasteiger partial charge in [-0.15, -0.1) is 0 Å². The minimum absolute atomic E-state index is 0.130. The second-order valence-corrected chi connectivity index (χ2v) is 8.88. The maximum Gasteiger partial charge on any atom is 0.246 e. The number of aromatic nitrogens is 2. The molecule has 1 saturated heterocycles. The van der Waals surface area contributed by atoms with Crippen LogP contribution in [-0.4, -0.2) is 67.2 Å². The predicted molar refractivity (Wildman–Crippen MR) is 102 cm³/mol. The van der Waals surface area contributed by atoms with Crippen molar-refractivity contribution in [2.75, 3.05) is 33.5 Å². The van der Waals surface area contributed by atoms with E-state index in [9.17, 15) is 13.2 Å². The number of ether oxygens (including phenoxy) is 1. The first kappa shape index (κ1) is 20.3. The van der Waals surface area contributed by atoms with Gasteiger partial charge in [0.1, 0.15) is 5.75 Å². The molecule has 1 amide bonds. The van der Waals surface area contributed by atoms with Crippen LogP contribution in [0.1, 0.15) is 18.7 Å². The van der Waals surface area contributed by atoms with E-state index in [0.29, 0.717) is 36.9 Å². The van der Waals surface area contributed by atoms with Gasteiger partial charge < -0.3 is 14.2 Å². The Morgan fingerprint density at radius 3 is 2.93 bits per heavy atom. The third-order valence-electron chi connectivity index (χ3n) is 4.75. The van der Waals surface area contributed by atoms with Crippen LogP contribution in [0.25, 0.3) is 11.4 Å². The third-order valence-corrected chi connectivity index (χ3v) is 6.02. The molecule has 2 heterocycles. The van der Waals surface area contributed by atoms with Crippen molar-refractivity contribution >= 4 is 15.9 Å². The number of carbonyl (C=O) groups is 1. The van der Waals surface area contributed by atoms with E-state index in [-0.39, 0.29) is 24.9 Å². The molecule has 1 fully saturated rings. The van der Waals surface area contributed by atoms with Crippen LogP contribution in [-0.2, 0) is 21.4 Å². The van der Waals surface area contributed by atoms with E-state index in [0.717, 1.165) is 5.56 Å². The molecule has 152 valence electrons. The molecule has 2 aromatic rings. The Kier molecular flexibility index (Phi) is 5.99. The lowest BCUT2D eigenvalue weighted by atomic mass is 9.98. The molecule has 0 bridgehead atoms. The molecule has 3 rings (SSSR count). The van der Waals surface area contributed by atoms with Gasteiger partial charge in [0.25, 0.3) is 0 Å². The highest BCUT2D eigenvalue weighted by atomic mass is 32.2. The molecule has 1 aromatic carbocycles. The molecule has 0 N–H and O–H groups in total. The molecule has 0 radical (unpaired) electrons. The molecule has 1 aliphatic heterocycles. The monoisotopic (exact) mass is 408 g/mol. The highest BCUT2D eigenvalue weighted by Gasteiger charge is 2.32. The molecular weight excluding hydrogens is 384 g/mol. The van der Waals surface area contributed by atoms with Crippen LogP contribution in [0.15, 0.2) is 28.8 Å². The summed E-state index contributed by atoms with van der Waals surface area (Å²) in [4.78, 5) is 18.6. The van der Waals surface area contributed by atoms with Crippen molar-refractivity contribution in [1.82, 2.24) is 19.3 Å². The first-order chi connectivity index (χ1) is 13.3. The Morgan fingerprint density at radius 2 is 2.21 bits per heavy atom. The molecule has 0 spiro atoms. The fourth-order valence-electron chi connectivity index (χ4n) is 3.24. The van der Waals surface area contributed by atoms with E-state index in [1.165, 1.54) is 15.5 Å². The number of benzene rings is 1. The Morgan fingerprint density at radius 1 is 1.43 bits per heavy atom. The molecule has 28 heavy (non-hydrogen) atoms. The van der Waals surface area contributed by atoms with Crippen molar-refractivity contribution < 1.29 is 22.5 Å². The van der Waals surface area contributed by atoms with Crippen LogP contribution in [0.5, 0.6) is 5.75 Å². The van der Waals surface area contributed by atoms with Crippen LogP contribution >= 0.6 is 0 Å². The van der Waals surface area contributed by atoms with Crippen molar-refractivity contribution in [2.45, 2.75) is 19.4 Å². The van der Waals surface area contributed by atoms with E-state index in [2.05, 4.69) is 10.1 Å². The first-order valence-corrected chi connectivity index (χ1v) is 10.8. The van der Waals surface area contributed by atoms with E-state index in [1.807, 2.05) is 18.2 Å². The predicted octanol–water partition coefficient (Wildman–Crippen LogP) is 1.38. The molecule has 1 aliphatic rings. The number of rotatable bonds is 6. The minimum Gasteiger partial charge on any atom is -0.497 e. The Balaban J connectivity index is 1.65. The number of carbonyl (C=O) groups excluding carboxylic acids is 1. The van der Waals surface area contributed by atoms with Crippen molar-refractivity contribution in [3.05, 3.63) is 30.2 Å². The molecule has 1 atom stereocenters. The van der Waals surface area contributed by atoms with Gasteiger partial charge in [-0.25, -0.2) is 12.7 Å². The van der Waals surface area contributed by atoms with Crippen LogP contribution in [0.2, 0.25) is 0 Å². The lowest BCUT2D eigenvalue weighted by Crippen LogP contribution is -2.45. The zero-order valence-electron chi connectivity index (χ0n) is 16.2. The average molecular weight is 408 g/mol. The molecule has 10 heteroatoms. The second kappa shape index (κ2) is 8.27. The number of hydrogen-bond acceptors (Lipinski definition) is 7. The largest absolute Gasteiger partial charge is 0.497 e. The summed E-state index contributed by atoms with van der Waals surface area (Å²) in [7, 11) is -0.0677. The van der Waals surface area contributed by atoms with Crippen molar-refractivity contribution in [2.24, 2.45) is 5.92 Å². The summed E-state index contributed by atoms with van der Waals surface area (Å²) in [5.74, 6) is 0.910. The Labute approximate surface area is 164 Å². The summed E-state index contributed by atoms with van der Waals surface area (Å²) in [6.07, 6.45) is 2.49.